The number of aryl methyl sites for hydroxylation is 1. The van der Waals surface area contributed by atoms with Gasteiger partial charge in [-0.3, -0.25) is 0 Å². The van der Waals surface area contributed by atoms with E-state index in [1.165, 1.54) is 5.56 Å². The fourth-order valence-corrected chi connectivity index (χ4v) is 3.20. The van der Waals surface area contributed by atoms with Crippen LogP contribution >= 0.6 is 0 Å². The quantitative estimate of drug-likeness (QED) is 0.783. The fraction of sp³-hybridized carbons (Fsp3) is 0.350. The fourth-order valence-electron chi connectivity index (χ4n) is 3.20. The molecule has 5 nitrogen and oxygen atoms in total. The van der Waals surface area contributed by atoms with Gasteiger partial charge in [0.15, 0.2) is 0 Å². The summed E-state index contributed by atoms with van der Waals surface area (Å²) < 4.78 is 5.50. The zero-order valence-corrected chi connectivity index (χ0v) is 14.4. The number of nitrogens with one attached hydrogen (secondary N) is 2. The molecule has 0 saturated carbocycles. The summed E-state index contributed by atoms with van der Waals surface area (Å²) in [5.74, 6) is 0.630. The van der Waals surface area contributed by atoms with Gasteiger partial charge >= 0.3 is 6.03 Å². The van der Waals surface area contributed by atoms with E-state index in [4.69, 9.17) is 4.74 Å². The van der Waals surface area contributed by atoms with Gasteiger partial charge in [-0.2, -0.15) is 0 Å². The van der Waals surface area contributed by atoms with Crippen molar-refractivity contribution in [2.24, 2.45) is 0 Å². The van der Waals surface area contributed by atoms with Crippen molar-refractivity contribution in [2.45, 2.75) is 31.8 Å². The largest absolute Gasteiger partial charge is 0.492 e. The lowest BCUT2D eigenvalue weighted by atomic mass is 9.80. The lowest BCUT2D eigenvalue weighted by molar-refractivity contribution is 0.0295. The van der Waals surface area contributed by atoms with Crippen molar-refractivity contribution in [2.75, 3.05) is 18.5 Å². The van der Waals surface area contributed by atoms with Crippen molar-refractivity contribution in [3.05, 3.63) is 59.7 Å². The molecule has 0 bridgehead atoms. The number of rotatable bonds is 5. The molecule has 25 heavy (non-hydrogen) atoms. The molecule has 0 radical (unpaired) electrons. The number of carbonyl (C=O) groups excluding carboxylic acids is 1. The van der Waals surface area contributed by atoms with Crippen LogP contribution in [0.15, 0.2) is 48.5 Å². The van der Waals surface area contributed by atoms with Gasteiger partial charge in [-0.05, 0) is 43.0 Å². The Hall–Kier alpha value is -2.53. The molecule has 5 heteroatoms. The molecule has 3 rings (SSSR count). The minimum Gasteiger partial charge on any atom is -0.492 e. The summed E-state index contributed by atoms with van der Waals surface area (Å²) in [5, 5.41) is 16.4. The Kier molecular flexibility index (Phi) is 5.24. The van der Waals surface area contributed by atoms with E-state index in [1.807, 2.05) is 43.3 Å². The van der Waals surface area contributed by atoms with E-state index in [-0.39, 0.29) is 12.6 Å². The molecule has 1 unspecified atom stereocenters. The highest BCUT2D eigenvalue weighted by Crippen LogP contribution is 2.28. The lowest BCUT2D eigenvalue weighted by Gasteiger charge is -2.33. The zero-order chi connectivity index (χ0) is 17.7. The van der Waals surface area contributed by atoms with Crippen molar-refractivity contribution in [1.29, 1.82) is 0 Å². The zero-order valence-electron chi connectivity index (χ0n) is 14.4. The second kappa shape index (κ2) is 7.57. The SMILES string of the molecule is CCOc1ccccc1NC(=O)NCC1(O)CCc2ccccc2C1. The topological polar surface area (TPSA) is 70.6 Å². The minimum atomic E-state index is -0.912. The maximum Gasteiger partial charge on any atom is 0.319 e. The van der Waals surface area contributed by atoms with Gasteiger partial charge in [-0.1, -0.05) is 36.4 Å². The Bertz CT molecular complexity index is 747. The number of anilines is 1. The summed E-state index contributed by atoms with van der Waals surface area (Å²) in [6.45, 7) is 2.64. The van der Waals surface area contributed by atoms with Crippen LogP contribution in [0.4, 0.5) is 10.5 Å². The van der Waals surface area contributed by atoms with Gasteiger partial charge in [0.05, 0.1) is 17.9 Å². The smallest absolute Gasteiger partial charge is 0.319 e. The van der Waals surface area contributed by atoms with Crippen LogP contribution in [0.5, 0.6) is 5.75 Å². The Morgan fingerprint density at radius 3 is 2.68 bits per heavy atom. The number of carbonyl (C=O) groups is 1. The van der Waals surface area contributed by atoms with Gasteiger partial charge in [-0.25, -0.2) is 4.79 Å². The van der Waals surface area contributed by atoms with Gasteiger partial charge in [0.25, 0.3) is 0 Å². The maximum absolute atomic E-state index is 12.2. The average Bonchev–Trinajstić information content (AvgIpc) is 2.62. The van der Waals surface area contributed by atoms with E-state index in [9.17, 15) is 9.90 Å². The van der Waals surface area contributed by atoms with E-state index >= 15 is 0 Å². The van der Waals surface area contributed by atoms with E-state index in [1.54, 1.807) is 6.07 Å². The summed E-state index contributed by atoms with van der Waals surface area (Å²) in [5.41, 5.74) is 2.13. The van der Waals surface area contributed by atoms with E-state index in [0.29, 0.717) is 30.9 Å². The first-order chi connectivity index (χ1) is 12.1. The minimum absolute atomic E-state index is 0.212. The maximum atomic E-state index is 12.2. The van der Waals surface area contributed by atoms with Crippen LogP contribution < -0.4 is 15.4 Å². The number of hydrogen-bond donors (Lipinski definition) is 3. The molecule has 2 aromatic rings. The third-order valence-corrected chi connectivity index (χ3v) is 4.51. The van der Waals surface area contributed by atoms with Crippen LogP contribution in [0.3, 0.4) is 0 Å². The van der Waals surface area contributed by atoms with Gasteiger partial charge in [-0.15, -0.1) is 0 Å². The highest BCUT2D eigenvalue weighted by Gasteiger charge is 2.32. The Balaban J connectivity index is 1.58. The van der Waals surface area contributed by atoms with Crippen molar-refractivity contribution in [3.63, 3.8) is 0 Å². The molecule has 0 heterocycles. The number of benzene rings is 2. The van der Waals surface area contributed by atoms with E-state index < -0.39 is 5.60 Å². The number of aliphatic hydroxyl groups is 1. The van der Waals surface area contributed by atoms with Crippen LogP contribution in [-0.4, -0.2) is 29.9 Å². The first-order valence-corrected chi connectivity index (χ1v) is 8.65. The van der Waals surface area contributed by atoms with Gasteiger partial charge < -0.3 is 20.5 Å². The van der Waals surface area contributed by atoms with Crippen LogP contribution in [0, 0.1) is 0 Å². The van der Waals surface area contributed by atoms with Crippen molar-refractivity contribution >= 4 is 11.7 Å². The normalized spacial score (nSPS) is 19.0. The Morgan fingerprint density at radius 2 is 1.88 bits per heavy atom. The first-order valence-electron chi connectivity index (χ1n) is 8.65. The number of fused-ring (bicyclic) bond motifs is 1. The van der Waals surface area contributed by atoms with Gasteiger partial charge in [0.1, 0.15) is 5.75 Å². The molecule has 1 aliphatic rings. The number of urea groups is 1. The summed E-state index contributed by atoms with van der Waals surface area (Å²) in [4.78, 5) is 12.2. The first kappa shape index (κ1) is 17.3. The van der Waals surface area contributed by atoms with E-state index in [0.717, 1.165) is 12.0 Å². The average molecular weight is 340 g/mol. The molecular formula is C20H24N2O3. The molecule has 2 aromatic carbocycles. The predicted octanol–water partition coefficient (Wildman–Crippen LogP) is 3.13. The predicted molar refractivity (Wildman–Crippen MR) is 98.0 cm³/mol. The molecule has 1 atom stereocenters. The van der Waals surface area contributed by atoms with Crippen molar-refractivity contribution < 1.29 is 14.6 Å². The van der Waals surface area contributed by atoms with E-state index in [2.05, 4.69) is 16.7 Å². The molecule has 1 aliphatic carbocycles. The van der Waals surface area contributed by atoms with Crippen LogP contribution in [0.1, 0.15) is 24.5 Å². The summed E-state index contributed by atoms with van der Waals surface area (Å²) in [7, 11) is 0. The van der Waals surface area contributed by atoms with Crippen LogP contribution in [0.2, 0.25) is 0 Å². The van der Waals surface area contributed by atoms with Crippen LogP contribution in [-0.2, 0) is 12.8 Å². The summed E-state index contributed by atoms with van der Waals surface area (Å²) in [6.07, 6.45) is 2.02. The van der Waals surface area contributed by atoms with Gasteiger partial charge in [0.2, 0.25) is 0 Å². The lowest BCUT2D eigenvalue weighted by Crippen LogP contribution is -2.47. The molecule has 2 amide bonds. The molecule has 0 saturated heterocycles. The standard InChI is InChI=1S/C20H24N2O3/c1-2-25-18-10-6-5-9-17(18)22-19(23)21-14-20(24)12-11-15-7-3-4-8-16(15)13-20/h3-10,24H,2,11-14H2,1H3,(H2,21,22,23). The third-order valence-electron chi connectivity index (χ3n) is 4.51. The molecule has 0 fully saturated rings. The summed E-state index contributed by atoms with van der Waals surface area (Å²) >= 11 is 0. The van der Waals surface area contributed by atoms with Crippen LogP contribution in [0.25, 0.3) is 0 Å². The molecular weight excluding hydrogens is 316 g/mol. The van der Waals surface area contributed by atoms with Crippen molar-refractivity contribution in [3.8, 4) is 5.75 Å². The number of para-hydroxylation sites is 2. The molecule has 0 spiro atoms. The summed E-state index contributed by atoms with van der Waals surface area (Å²) in [6, 6.07) is 15.1. The molecule has 0 aromatic heterocycles. The second-order valence-electron chi connectivity index (χ2n) is 6.41. The Morgan fingerprint density at radius 1 is 1.16 bits per heavy atom. The molecule has 0 aliphatic heterocycles. The third kappa shape index (κ3) is 4.31. The number of amides is 2. The van der Waals surface area contributed by atoms with Crippen molar-refractivity contribution in [1.82, 2.24) is 5.32 Å². The Labute approximate surface area is 148 Å². The monoisotopic (exact) mass is 340 g/mol. The van der Waals surface area contributed by atoms with Gasteiger partial charge in [0, 0.05) is 13.0 Å². The highest BCUT2D eigenvalue weighted by atomic mass is 16.5. The molecule has 3 N–H and O–H groups in total. The highest BCUT2D eigenvalue weighted by molar-refractivity contribution is 5.90. The number of hydrogen-bond acceptors (Lipinski definition) is 3. The number of ether oxygens (including phenoxy) is 1. The second-order valence-corrected chi connectivity index (χ2v) is 6.41. The molecule has 132 valence electrons.